The molecular formula is C11H19N. The molecule has 0 spiro atoms. The van der Waals surface area contributed by atoms with Crippen LogP contribution in [-0.2, 0) is 0 Å². The molecule has 68 valence electrons. The number of rotatable bonds is 3. The Hall–Kier alpha value is -0.480. The first-order valence-electron chi connectivity index (χ1n) is 4.85. The molecule has 1 heteroatoms. The zero-order valence-corrected chi connectivity index (χ0v) is 8.27. The monoisotopic (exact) mass is 165 g/mol. The van der Waals surface area contributed by atoms with Crippen molar-refractivity contribution in [2.45, 2.75) is 45.1 Å². The Labute approximate surface area is 76.1 Å². The second kappa shape index (κ2) is 3.96. The van der Waals surface area contributed by atoms with Crippen LogP contribution in [0.15, 0.2) is 0 Å². The van der Waals surface area contributed by atoms with E-state index in [1.165, 1.54) is 25.9 Å². The maximum atomic E-state index is 5.21. The molecule has 0 atom stereocenters. The molecule has 0 radical (unpaired) electrons. The first kappa shape index (κ1) is 9.61. The van der Waals surface area contributed by atoms with E-state index in [4.69, 9.17) is 6.42 Å². The van der Waals surface area contributed by atoms with Gasteiger partial charge in [0.15, 0.2) is 0 Å². The summed E-state index contributed by atoms with van der Waals surface area (Å²) < 4.78 is 0. The lowest BCUT2D eigenvalue weighted by Crippen LogP contribution is -2.38. The van der Waals surface area contributed by atoms with Gasteiger partial charge in [-0.05, 0) is 46.2 Å². The molecule has 0 amide bonds. The van der Waals surface area contributed by atoms with E-state index in [1.807, 2.05) is 0 Å². The summed E-state index contributed by atoms with van der Waals surface area (Å²) in [5, 5.41) is 0. The SMILES string of the molecule is C#CCCCN1CCCC1(C)C. The summed E-state index contributed by atoms with van der Waals surface area (Å²) in [7, 11) is 0. The number of unbranched alkanes of at least 4 members (excludes halogenated alkanes) is 1. The molecule has 1 aliphatic heterocycles. The normalized spacial score (nSPS) is 22.4. The molecule has 0 aromatic rings. The summed E-state index contributed by atoms with van der Waals surface area (Å²) in [6.45, 7) is 7.10. The summed E-state index contributed by atoms with van der Waals surface area (Å²) >= 11 is 0. The summed E-state index contributed by atoms with van der Waals surface area (Å²) in [6, 6.07) is 0. The van der Waals surface area contributed by atoms with Crippen molar-refractivity contribution >= 4 is 0 Å². The van der Waals surface area contributed by atoms with Crippen molar-refractivity contribution in [1.82, 2.24) is 4.90 Å². The van der Waals surface area contributed by atoms with Crippen molar-refractivity contribution in [3.8, 4) is 12.3 Å². The van der Waals surface area contributed by atoms with Crippen molar-refractivity contribution in [2.24, 2.45) is 0 Å². The average molecular weight is 165 g/mol. The zero-order chi connectivity index (χ0) is 9.03. The summed E-state index contributed by atoms with van der Waals surface area (Å²) in [5.41, 5.74) is 0.425. The molecule has 0 aromatic carbocycles. The maximum absolute atomic E-state index is 5.21. The highest BCUT2D eigenvalue weighted by Crippen LogP contribution is 2.27. The second-order valence-corrected chi connectivity index (χ2v) is 4.21. The molecule has 0 N–H and O–H groups in total. The fourth-order valence-electron chi connectivity index (χ4n) is 1.95. The predicted molar refractivity (Wildman–Crippen MR) is 53.0 cm³/mol. The molecule has 1 rings (SSSR count). The molecule has 12 heavy (non-hydrogen) atoms. The Morgan fingerprint density at radius 1 is 1.50 bits per heavy atom. The Morgan fingerprint density at radius 2 is 2.25 bits per heavy atom. The quantitative estimate of drug-likeness (QED) is 0.458. The van der Waals surface area contributed by atoms with Gasteiger partial charge in [-0.1, -0.05) is 0 Å². The molecule has 1 fully saturated rings. The molecule has 1 nitrogen and oxygen atoms in total. The van der Waals surface area contributed by atoms with Crippen LogP contribution in [0.3, 0.4) is 0 Å². The van der Waals surface area contributed by atoms with E-state index in [1.54, 1.807) is 0 Å². The second-order valence-electron chi connectivity index (χ2n) is 4.21. The van der Waals surface area contributed by atoms with Gasteiger partial charge in [0.05, 0.1) is 0 Å². The molecule has 1 aliphatic rings. The molecule has 0 aliphatic carbocycles. The van der Waals surface area contributed by atoms with Gasteiger partial charge < -0.3 is 0 Å². The molecule has 0 unspecified atom stereocenters. The number of nitrogens with zero attached hydrogens (tertiary/aromatic N) is 1. The smallest absolute Gasteiger partial charge is 0.0153 e. The third-order valence-corrected chi connectivity index (χ3v) is 2.82. The van der Waals surface area contributed by atoms with Gasteiger partial charge in [-0.2, -0.15) is 0 Å². The maximum Gasteiger partial charge on any atom is 0.0153 e. The minimum Gasteiger partial charge on any atom is -0.298 e. The van der Waals surface area contributed by atoms with E-state index in [0.717, 1.165) is 12.8 Å². The standard InChI is InChI=1S/C11H19N/c1-4-5-6-9-12-10-7-8-11(12,2)3/h1H,5-10H2,2-3H3. The summed E-state index contributed by atoms with van der Waals surface area (Å²) in [6.07, 6.45) is 9.97. The molecule has 1 heterocycles. The summed E-state index contributed by atoms with van der Waals surface area (Å²) in [5.74, 6) is 2.69. The number of hydrogen-bond donors (Lipinski definition) is 0. The zero-order valence-electron chi connectivity index (χ0n) is 8.27. The molecule has 0 aromatic heterocycles. The van der Waals surface area contributed by atoms with Crippen LogP contribution in [0.4, 0.5) is 0 Å². The molecule has 1 saturated heterocycles. The first-order valence-corrected chi connectivity index (χ1v) is 4.85. The van der Waals surface area contributed by atoms with Gasteiger partial charge in [-0.3, -0.25) is 4.90 Å². The minimum atomic E-state index is 0.425. The number of terminal acetylenes is 1. The van der Waals surface area contributed by atoms with Crippen LogP contribution in [0.25, 0.3) is 0 Å². The lowest BCUT2D eigenvalue weighted by Gasteiger charge is -2.31. The van der Waals surface area contributed by atoms with Crippen LogP contribution < -0.4 is 0 Å². The van der Waals surface area contributed by atoms with E-state index in [0.29, 0.717) is 5.54 Å². The van der Waals surface area contributed by atoms with Crippen molar-refractivity contribution in [3.05, 3.63) is 0 Å². The van der Waals surface area contributed by atoms with Crippen molar-refractivity contribution in [3.63, 3.8) is 0 Å². The topological polar surface area (TPSA) is 3.24 Å². The fourth-order valence-corrected chi connectivity index (χ4v) is 1.95. The molecular weight excluding hydrogens is 146 g/mol. The van der Waals surface area contributed by atoms with Crippen LogP contribution in [0.2, 0.25) is 0 Å². The average Bonchev–Trinajstić information content (AvgIpc) is 2.32. The van der Waals surface area contributed by atoms with Crippen LogP contribution in [-0.4, -0.2) is 23.5 Å². The first-order chi connectivity index (χ1) is 5.67. The van der Waals surface area contributed by atoms with E-state index < -0.39 is 0 Å². The van der Waals surface area contributed by atoms with Gasteiger partial charge in [-0.25, -0.2) is 0 Å². The molecule has 0 saturated carbocycles. The lowest BCUT2D eigenvalue weighted by molar-refractivity contribution is 0.174. The van der Waals surface area contributed by atoms with Gasteiger partial charge in [0, 0.05) is 12.0 Å². The van der Waals surface area contributed by atoms with E-state index >= 15 is 0 Å². The van der Waals surface area contributed by atoms with Crippen LogP contribution >= 0.6 is 0 Å². The van der Waals surface area contributed by atoms with Gasteiger partial charge in [0.1, 0.15) is 0 Å². The highest BCUT2D eigenvalue weighted by atomic mass is 15.2. The largest absolute Gasteiger partial charge is 0.298 e. The Kier molecular flexibility index (Phi) is 3.17. The molecule has 0 bridgehead atoms. The van der Waals surface area contributed by atoms with Gasteiger partial charge in [0.2, 0.25) is 0 Å². The fraction of sp³-hybridized carbons (Fsp3) is 0.818. The van der Waals surface area contributed by atoms with Crippen LogP contribution in [0.1, 0.15) is 39.5 Å². The Morgan fingerprint density at radius 3 is 2.75 bits per heavy atom. The van der Waals surface area contributed by atoms with E-state index in [9.17, 15) is 0 Å². The Bertz CT molecular complexity index is 176. The third-order valence-electron chi connectivity index (χ3n) is 2.82. The van der Waals surface area contributed by atoms with Gasteiger partial charge in [-0.15, -0.1) is 12.3 Å². The third kappa shape index (κ3) is 2.25. The predicted octanol–water partition coefficient (Wildman–Crippen LogP) is 2.27. The van der Waals surface area contributed by atoms with Gasteiger partial charge >= 0.3 is 0 Å². The van der Waals surface area contributed by atoms with Crippen molar-refractivity contribution in [1.29, 1.82) is 0 Å². The van der Waals surface area contributed by atoms with E-state index in [2.05, 4.69) is 24.7 Å². The Balaban J connectivity index is 2.28. The van der Waals surface area contributed by atoms with Crippen molar-refractivity contribution < 1.29 is 0 Å². The van der Waals surface area contributed by atoms with Crippen LogP contribution in [0, 0.1) is 12.3 Å². The van der Waals surface area contributed by atoms with Crippen molar-refractivity contribution in [2.75, 3.05) is 13.1 Å². The highest BCUT2D eigenvalue weighted by molar-refractivity contribution is 4.89. The van der Waals surface area contributed by atoms with E-state index in [-0.39, 0.29) is 0 Å². The van der Waals surface area contributed by atoms with Gasteiger partial charge in [0.25, 0.3) is 0 Å². The highest BCUT2D eigenvalue weighted by Gasteiger charge is 2.30. The van der Waals surface area contributed by atoms with Crippen LogP contribution in [0.5, 0.6) is 0 Å². The summed E-state index contributed by atoms with van der Waals surface area (Å²) in [4.78, 5) is 2.56. The number of likely N-dealkylation sites (tertiary alicyclic amines) is 1. The minimum absolute atomic E-state index is 0.425. The number of hydrogen-bond acceptors (Lipinski definition) is 1. The lowest BCUT2D eigenvalue weighted by atomic mass is 10.0.